The summed E-state index contributed by atoms with van der Waals surface area (Å²) in [6, 6.07) is 50.9. The number of carbonyl (C=O) groups is 2. The number of Topliss-reactive ketones (excluding diaryl/α,β-unsaturated/α-hetero) is 2. The Morgan fingerprint density at radius 3 is 1.55 bits per heavy atom. The van der Waals surface area contributed by atoms with Crippen LogP contribution in [0.5, 0.6) is 0 Å². The maximum absolute atomic E-state index is 13.1. The van der Waals surface area contributed by atoms with Gasteiger partial charge in [0.25, 0.3) is 0 Å². The molecule has 0 unspecified atom stereocenters. The summed E-state index contributed by atoms with van der Waals surface area (Å²) < 4.78 is 0. The Balaban J connectivity index is 1.35. The number of ketones is 2. The van der Waals surface area contributed by atoms with Crippen LogP contribution >= 0.6 is 7.26 Å². The minimum absolute atomic E-state index is 0.408. The van der Waals surface area contributed by atoms with Gasteiger partial charge in [0, 0.05) is 0 Å². The van der Waals surface area contributed by atoms with Crippen LogP contribution in [0, 0.1) is 0 Å². The molecule has 0 heterocycles. The molecule has 0 aliphatic heterocycles. The van der Waals surface area contributed by atoms with E-state index in [1.165, 1.54) is 21.5 Å². The van der Waals surface area contributed by atoms with Gasteiger partial charge in [0.1, 0.15) is 0 Å². The summed E-state index contributed by atoms with van der Waals surface area (Å²) in [6.07, 6.45) is 0.900. The Morgan fingerprint density at radius 1 is 0.450 bits per heavy atom. The van der Waals surface area contributed by atoms with E-state index in [1.54, 1.807) is 6.07 Å². The zero-order valence-electron chi connectivity index (χ0n) is 21.9. The van der Waals surface area contributed by atoms with Gasteiger partial charge in [-0.1, -0.05) is 0 Å². The van der Waals surface area contributed by atoms with Gasteiger partial charge >= 0.3 is 235 Å². The summed E-state index contributed by atoms with van der Waals surface area (Å²) >= 11 is 0. The first-order valence-corrected chi connectivity index (χ1v) is 15.8. The van der Waals surface area contributed by atoms with E-state index in [0.29, 0.717) is 11.1 Å². The average Bonchev–Trinajstić information content (AvgIpc) is 3.29. The van der Waals surface area contributed by atoms with Gasteiger partial charge in [-0.15, -0.1) is 0 Å². The molecule has 0 bridgehead atoms. The Labute approximate surface area is 234 Å². The average molecular weight is 535 g/mol. The van der Waals surface area contributed by atoms with Crippen LogP contribution in [-0.2, 0) is 6.16 Å². The molecule has 0 saturated carbocycles. The minimum atomic E-state index is -2.43. The summed E-state index contributed by atoms with van der Waals surface area (Å²) in [6.45, 7) is 0. The van der Waals surface area contributed by atoms with Crippen LogP contribution in [0.25, 0.3) is 21.9 Å². The molecule has 0 fully saturated rings. The summed E-state index contributed by atoms with van der Waals surface area (Å²) in [5, 5.41) is 5.82. The van der Waals surface area contributed by atoms with E-state index in [0.717, 1.165) is 28.1 Å². The first-order valence-electron chi connectivity index (χ1n) is 13.6. The van der Waals surface area contributed by atoms with Crippen molar-refractivity contribution in [2.24, 2.45) is 0 Å². The van der Waals surface area contributed by atoms with E-state index >= 15 is 0 Å². The van der Waals surface area contributed by atoms with Gasteiger partial charge in [0.05, 0.1) is 0 Å². The zero-order chi connectivity index (χ0) is 27.1. The second kappa shape index (κ2) is 9.83. The number of benzene rings is 6. The maximum atomic E-state index is 13.1. The predicted molar refractivity (Wildman–Crippen MR) is 168 cm³/mol. The van der Waals surface area contributed by atoms with Crippen molar-refractivity contribution < 1.29 is 9.59 Å². The number of carbonyl (C=O) groups excluding carboxylic acids is 2. The number of rotatable bonds is 6. The molecule has 0 N–H and O–H groups in total. The second-order valence-corrected chi connectivity index (χ2v) is 14.3. The molecule has 6 aromatic carbocycles. The van der Waals surface area contributed by atoms with Crippen LogP contribution < -0.4 is 15.9 Å². The van der Waals surface area contributed by atoms with Crippen molar-refractivity contribution in [1.29, 1.82) is 0 Å². The normalized spacial score (nSPS) is 13.1. The molecule has 192 valence electrons. The van der Waals surface area contributed by atoms with E-state index < -0.39 is 18.8 Å². The van der Waals surface area contributed by atoms with Gasteiger partial charge in [-0.3, -0.25) is 0 Å². The van der Waals surface area contributed by atoms with Crippen molar-refractivity contribution in [2.45, 2.75) is 6.16 Å². The Kier molecular flexibility index (Phi) is 5.99. The van der Waals surface area contributed by atoms with Gasteiger partial charge in [-0.2, -0.15) is 0 Å². The third kappa shape index (κ3) is 3.84. The monoisotopic (exact) mass is 534 g/mol. The van der Waals surface area contributed by atoms with E-state index in [1.807, 2.05) is 24.3 Å². The molecule has 0 aromatic heterocycles. The van der Waals surface area contributed by atoms with Gasteiger partial charge in [-0.25, -0.2) is 0 Å². The zero-order valence-corrected chi connectivity index (χ0v) is 22.9. The molecule has 0 spiro atoms. The van der Waals surface area contributed by atoms with Gasteiger partial charge < -0.3 is 0 Å². The molecule has 3 heteroatoms. The van der Waals surface area contributed by atoms with Crippen LogP contribution in [0.4, 0.5) is 0 Å². The molecule has 40 heavy (non-hydrogen) atoms. The van der Waals surface area contributed by atoms with E-state index in [2.05, 4.69) is 115 Å². The molecule has 2 nitrogen and oxygen atoms in total. The van der Waals surface area contributed by atoms with Crippen LogP contribution in [0.3, 0.4) is 0 Å². The third-order valence-corrected chi connectivity index (χ3v) is 13.2. The van der Waals surface area contributed by atoms with Gasteiger partial charge in [-0.05, 0) is 0 Å². The van der Waals surface area contributed by atoms with Crippen molar-refractivity contribution in [1.82, 2.24) is 0 Å². The molecular weight excluding hydrogens is 507 g/mol. The predicted octanol–water partition coefficient (Wildman–Crippen LogP) is 7.11. The second-order valence-electron chi connectivity index (χ2n) is 10.4. The molecule has 7 rings (SSSR count). The van der Waals surface area contributed by atoms with Crippen LogP contribution in [0.2, 0.25) is 0 Å². The Morgan fingerprint density at radius 2 is 1.00 bits per heavy atom. The quantitative estimate of drug-likeness (QED) is 0.169. The van der Waals surface area contributed by atoms with Gasteiger partial charge in [0.2, 0.25) is 0 Å². The summed E-state index contributed by atoms with van der Waals surface area (Å²) in [4.78, 5) is 25.8. The molecule has 6 aromatic rings. The van der Waals surface area contributed by atoms with E-state index in [4.69, 9.17) is 0 Å². The van der Waals surface area contributed by atoms with Crippen molar-refractivity contribution in [3.8, 4) is 11.1 Å². The fourth-order valence-corrected chi connectivity index (χ4v) is 11.1. The fraction of sp³-hybridized carbons (Fsp3) is 0.0270. The van der Waals surface area contributed by atoms with Crippen LogP contribution in [0.15, 0.2) is 146 Å². The molecule has 0 saturated heterocycles. The molecule has 0 radical (unpaired) electrons. The van der Waals surface area contributed by atoms with Crippen molar-refractivity contribution in [3.63, 3.8) is 0 Å². The Bertz CT molecular complexity index is 1780. The Hall–Kier alpha value is -4.65. The molecule has 0 atom stereocenters. The fourth-order valence-electron chi connectivity index (χ4n) is 6.36. The molecular formula is C37H27O2P. The first kappa shape index (κ1) is 24.4. The van der Waals surface area contributed by atoms with E-state index in [9.17, 15) is 9.59 Å². The van der Waals surface area contributed by atoms with Crippen molar-refractivity contribution >= 4 is 45.5 Å². The molecule has 1 aliphatic carbocycles. The third-order valence-electron chi connectivity index (χ3n) is 8.26. The van der Waals surface area contributed by atoms with E-state index in [-0.39, 0.29) is 0 Å². The summed E-state index contributed by atoms with van der Waals surface area (Å²) in [5.74, 6) is -0.816. The van der Waals surface area contributed by atoms with Crippen molar-refractivity contribution in [2.75, 3.05) is 0 Å². The van der Waals surface area contributed by atoms with Crippen LogP contribution in [-0.4, -0.2) is 11.6 Å². The van der Waals surface area contributed by atoms with Gasteiger partial charge in [0.15, 0.2) is 0 Å². The number of hydrogen-bond donors (Lipinski definition) is 0. The topological polar surface area (TPSA) is 34.1 Å². The summed E-state index contributed by atoms with van der Waals surface area (Å²) in [5.41, 5.74) is 4.06. The number of hydrogen-bond acceptors (Lipinski definition) is 2. The SMILES string of the molecule is O=C1C(=O)c2c(-c3ccc(C[PH](c4ccccc4)(c4ccccc4)c4ccccc4)cc3)ccc3cccc1c23. The van der Waals surface area contributed by atoms with Crippen molar-refractivity contribution in [3.05, 3.63) is 162 Å². The van der Waals surface area contributed by atoms with Crippen LogP contribution in [0.1, 0.15) is 26.3 Å². The molecule has 1 aliphatic rings. The molecule has 0 amide bonds. The standard InChI is InChI=1S/C37H27O2P/c38-36-33-18-10-11-28-23-24-32(35(34(28)33)37(36)39)27-21-19-26(20-22-27)25-40(29-12-4-1-5-13-29,30-14-6-2-7-15-30)31-16-8-3-9-17-31/h1-24,40H,25H2. The summed E-state index contributed by atoms with van der Waals surface area (Å²) in [7, 11) is -2.43. The first-order chi connectivity index (χ1) is 19.7.